The molecule has 0 aliphatic carbocycles. The molecule has 3 N–H and O–H groups in total. The minimum Gasteiger partial charge on any atom is -0.462 e. The van der Waals surface area contributed by atoms with Crippen LogP contribution in [0.3, 0.4) is 0 Å². The summed E-state index contributed by atoms with van der Waals surface area (Å²) < 4.78 is 68.2. The molecule has 0 fully saturated rings. The van der Waals surface area contributed by atoms with E-state index in [9.17, 15) is 43.2 Å². The molecule has 17 nitrogen and oxygen atoms in total. The number of hydrogen-bond acceptors (Lipinski definition) is 15. The van der Waals surface area contributed by atoms with Crippen molar-refractivity contribution in [3.05, 3.63) is 0 Å². The maximum Gasteiger partial charge on any atom is 0.472 e. The lowest BCUT2D eigenvalue weighted by atomic mass is 9.99. The average molecular weight is 1330 g/mol. The first-order valence-corrected chi connectivity index (χ1v) is 39.9. The molecule has 0 aromatic carbocycles. The Morgan fingerprint density at radius 1 is 0.322 bits per heavy atom. The predicted molar refractivity (Wildman–Crippen MR) is 363 cm³/mol. The summed E-state index contributed by atoms with van der Waals surface area (Å²) in [5, 5.41) is 10.6. The van der Waals surface area contributed by atoms with Gasteiger partial charge in [0.2, 0.25) is 0 Å². The number of aliphatic hydroxyl groups excluding tert-OH is 1. The number of carbonyl (C=O) groups excluding carboxylic acids is 4. The van der Waals surface area contributed by atoms with Gasteiger partial charge in [0.25, 0.3) is 0 Å². The Balaban J connectivity index is 5.20. The number of phosphoric ester groups is 2. The van der Waals surface area contributed by atoms with Crippen LogP contribution in [0.4, 0.5) is 0 Å². The van der Waals surface area contributed by atoms with Crippen LogP contribution in [0.15, 0.2) is 0 Å². The summed E-state index contributed by atoms with van der Waals surface area (Å²) in [5.74, 6) is 0.200. The summed E-state index contributed by atoms with van der Waals surface area (Å²) in [6.07, 6.45) is 45.9. The van der Waals surface area contributed by atoms with Gasteiger partial charge in [-0.3, -0.25) is 37.3 Å². The molecule has 19 heteroatoms. The van der Waals surface area contributed by atoms with Gasteiger partial charge in [0.05, 0.1) is 26.4 Å². The van der Waals surface area contributed by atoms with Gasteiger partial charge >= 0.3 is 39.5 Å². The number of rotatable bonds is 69. The van der Waals surface area contributed by atoms with E-state index < -0.39 is 97.5 Å². The fraction of sp³-hybridized carbons (Fsp3) is 0.944. The maximum absolute atomic E-state index is 13.0. The minimum atomic E-state index is -4.95. The summed E-state index contributed by atoms with van der Waals surface area (Å²) in [5.41, 5.74) is 0. The molecule has 0 rings (SSSR count). The molecule has 90 heavy (non-hydrogen) atoms. The van der Waals surface area contributed by atoms with Gasteiger partial charge in [0.15, 0.2) is 12.2 Å². The first kappa shape index (κ1) is 88.1. The number of carbonyl (C=O) groups is 4. The number of esters is 4. The van der Waals surface area contributed by atoms with E-state index >= 15 is 0 Å². The summed E-state index contributed by atoms with van der Waals surface area (Å²) in [4.78, 5) is 72.4. The first-order valence-electron chi connectivity index (χ1n) is 36.9. The van der Waals surface area contributed by atoms with Gasteiger partial charge < -0.3 is 33.8 Å². The van der Waals surface area contributed by atoms with Crippen LogP contribution in [0.25, 0.3) is 0 Å². The molecule has 0 amide bonds. The number of aliphatic hydroxyl groups is 1. The van der Waals surface area contributed by atoms with E-state index in [-0.39, 0.29) is 25.7 Å². The molecule has 0 aromatic heterocycles. The number of hydrogen-bond donors (Lipinski definition) is 3. The van der Waals surface area contributed by atoms with Gasteiger partial charge in [-0.05, 0) is 43.4 Å². The third kappa shape index (κ3) is 63.5. The third-order valence-corrected chi connectivity index (χ3v) is 18.6. The molecule has 0 spiro atoms. The molecule has 0 aliphatic heterocycles. The first-order chi connectivity index (χ1) is 43.3. The van der Waals surface area contributed by atoms with Crippen LogP contribution in [0.5, 0.6) is 0 Å². The molecule has 0 saturated carbocycles. The second-order valence-corrected chi connectivity index (χ2v) is 29.7. The quantitative estimate of drug-likeness (QED) is 0.0222. The second kappa shape index (κ2) is 61.9. The molecule has 0 radical (unpaired) electrons. The van der Waals surface area contributed by atoms with Crippen molar-refractivity contribution in [2.75, 3.05) is 39.6 Å². The fourth-order valence-corrected chi connectivity index (χ4v) is 12.3. The summed E-state index contributed by atoms with van der Waals surface area (Å²) in [6.45, 7) is 11.8. The highest BCUT2D eigenvalue weighted by atomic mass is 31.2. The molecule has 534 valence electrons. The Bertz CT molecular complexity index is 1770. The SMILES string of the molecule is CCCCCCCCCC(=O)OC[C@H](COP(=O)(O)OC[C@H](O)COP(=O)(O)OC[C@@H](COC(=O)CCCCCCCCCCCCC(C)CC)OC(=O)CCCCCCCCCCCCCCCCCC(C)C)OC(=O)CCCCCCCCCCC(C)C. The Morgan fingerprint density at radius 3 is 0.844 bits per heavy atom. The molecule has 0 aliphatic rings. The van der Waals surface area contributed by atoms with Crippen molar-refractivity contribution >= 4 is 39.5 Å². The van der Waals surface area contributed by atoms with Crippen molar-refractivity contribution in [3.63, 3.8) is 0 Å². The van der Waals surface area contributed by atoms with E-state index in [1.165, 1.54) is 154 Å². The van der Waals surface area contributed by atoms with Crippen molar-refractivity contribution in [1.29, 1.82) is 0 Å². The highest BCUT2D eigenvalue weighted by Crippen LogP contribution is 2.45. The van der Waals surface area contributed by atoms with E-state index in [0.29, 0.717) is 25.7 Å². The summed E-state index contributed by atoms with van der Waals surface area (Å²) in [6, 6.07) is 0. The lowest BCUT2D eigenvalue weighted by molar-refractivity contribution is -0.161. The average Bonchev–Trinajstić information content (AvgIpc) is 3.72. The van der Waals surface area contributed by atoms with Crippen LogP contribution < -0.4 is 0 Å². The molecular formula is C71H138O17P2. The van der Waals surface area contributed by atoms with Crippen LogP contribution in [0.1, 0.15) is 357 Å². The summed E-state index contributed by atoms with van der Waals surface area (Å²) in [7, 11) is -9.90. The van der Waals surface area contributed by atoms with Gasteiger partial charge in [-0.2, -0.15) is 0 Å². The van der Waals surface area contributed by atoms with Crippen LogP contribution in [0.2, 0.25) is 0 Å². The van der Waals surface area contributed by atoms with Crippen LogP contribution in [-0.4, -0.2) is 96.7 Å². The maximum atomic E-state index is 13.0. The largest absolute Gasteiger partial charge is 0.472 e. The molecule has 0 heterocycles. The number of unbranched alkanes of at least 4 members (excludes halogenated alkanes) is 36. The van der Waals surface area contributed by atoms with Gasteiger partial charge in [-0.15, -0.1) is 0 Å². The monoisotopic (exact) mass is 1320 g/mol. The highest BCUT2D eigenvalue weighted by molar-refractivity contribution is 7.47. The topological polar surface area (TPSA) is 237 Å². The normalized spacial score (nSPS) is 14.5. The number of ether oxygens (including phenoxy) is 4. The van der Waals surface area contributed by atoms with Crippen LogP contribution >= 0.6 is 15.6 Å². The van der Waals surface area contributed by atoms with Crippen molar-refractivity contribution in [2.45, 2.75) is 375 Å². The standard InChI is InChI=1S/C71H138O17P2/c1-8-10-11-12-28-38-45-52-68(73)81-58-66(88-71(76)55-48-41-34-27-26-30-36-43-50-63(5)6)60-85-89(77,78)83-56-65(72)57-84-90(79,80)86-61-67(59-82-69(74)53-46-39-32-24-21-20-23-31-37-44-51-64(7)9-2)87-70(75)54-47-40-33-25-19-17-15-13-14-16-18-22-29-35-42-49-62(3)4/h62-67,72H,8-61H2,1-7H3,(H,77,78)(H,79,80)/t64?,65-,66+,67+/m0/s1. The van der Waals surface area contributed by atoms with E-state index in [1.54, 1.807) is 0 Å². The molecular weight excluding hydrogens is 1190 g/mol. The van der Waals surface area contributed by atoms with Crippen LogP contribution in [-0.2, 0) is 65.4 Å². The molecule has 6 atom stereocenters. The Hall–Kier alpha value is -1.94. The van der Waals surface area contributed by atoms with Gasteiger partial charge in [0.1, 0.15) is 19.3 Å². The third-order valence-electron chi connectivity index (χ3n) is 16.7. The van der Waals surface area contributed by atoms with E-state index in [2.05, 4.69) is 48.5 Å². The van der Waals surface area contributed by atoms with Crippen molar-refractivity contribution in [1.82, 2.24) is 0 Å². The van der Waals surface area contributed by atoms with Crippen molar-refractivity contribution < 1.29 is 80.2 Å². The zero-order valence-corrected chi connectivity index (χ0v) is 60.4. The highest BCUT2D eigenvalue weighted by Gasteiger charge is 2.30. The molecule has 3 unspecified atom stereocenters. The zero-order valence-electron chi connectivity index (χ0n) is 58.6. The summed E-state index contributed by atoms with van der Waals surface area (Å²) >= 11 is 0. The van der Waals surface area contributed by atoms with Crippen LogP contribution in [0, 0.1) is 17.8 Å². The van der Waals surface area contributed by atoms with E-state index in [1.807, 2.05) is 0 Å². The predicted octanol–water partition coefficient (Wildman–Crippen LogP) is 20.2. The van der Waals surface area contributed by atoms with Gasteiger partial charge in [0, 0.05) is 25.7 Å². The fourth-order valence-electron chi connectivity index (χ4n) is 10.7. The van der Waals surface area contributed by atoms with E-state index in [4.69, 9.17) is 37.0 Å². The Labute approximate surface area is 549 Å². The van der Waals surface area contributed by atoms with Gasteiger partial charge in [-0.25, -0.2) is 9.13 Å². The second-order valence-electron chi connectivity index (χ2n) is 26.8. The molecule has 0 bridgehead atoms. The lowest BCUT2D eigenvalue weighted by Crippen LogP contribution is -2.30. The van der Waals surface area contributed by atoms with E-state index in [0.717, 1.165) is 120 Å². The lowest BCUT2D eigenvalue weighted by Gasteiger charge is -2.21. The van der Waals surface area contributed by atoms with Crippen molar-refractivity contribution in [3.8, 4) is 0 Å². The van der Waals surface area contributed by atoms with Gasteiger partial charge in [-0.1, -0.05) is 305 Å². The molecule has 0 aromatic rings. The number of phosphoric acid groups is 2. The Kier molecular flexibility index (Phi) is 60.6. The Morgan fingerprint density at radius 2 is 0.567 bits per heavy atom. The minimum absolute atomic E-state index is 0.104. The molecule has 0 saturated heterocycles. The van der Waals surface area contributed by atoms with Crippen molar-refractivity contribution in [2.24, 2.45) is 17.8 Å². The smallest absolute Gasteiger partial charge is 0.462 e. The zero-order chi connectivity index (χ0) is 66.6.